The van der Waals surface area contributed by atoms with Crippen LogP contribution in [-0.4, -0.2) is 48.9 Å². The molecule has 1 aromatic carbocycles. The fourth-order valence-corrected chi connectivity index (χ4v) is 4.04. The Kier molecular flexibility index (Phi) is 7.33. The Bertz CT molecular complexity index is 755. The molecule has 0 aliphatic carbocycles. The molecule has 9 heteroatoms. The lowest BCUT2D eigenvalue weighted by atomic mass is 9.95. The lowest BCUT2D eigenvalue weighted by molar-refractivity contribution is -0.137. The summed E-state index contributed by atoms with van der Waals surface area (Å²) in [4.78, 5) is 26.7. The largest absolute Gasteiger partial charge is 0.416 e. The molecule has 2 aliphatic heterocycles. The molecule has 1 atom stereocenters. The van der Waals surface area contributed by atoms with E-state index in [1.54, 1.807) is 0 Å². The Morgan fingerprint density at radius 3 is 2.43 bits per heavy atom. The van der Waals surface area contributed by atoms with E-state index in [0.717, 1.165) is 50.8 Å². The third-order valence-corrected chi connectivity index (χ3v) is 5.82. The Balaban J connectivity index is 1.51. The van der Waals surface area contributed by atoms with E-state index >= 15 is 0 Å². The van der Waals surface area contributed by atoms with Crippen LogP contribution < -0.4 is 10.6 Å². The molecule has 0 saturated carbocycles. The van der Waals surface area contributed by atoms with E-state index in [4.69, 9.17) is 0 Å². The summed E-state index contributed by atoms with van der Waals surface area (Å²) >= 11 is 0. The Morgan fingerprint density at radius 2 is 1.83 bits per heavy atom. The predicted octanol–water partition coefficient (Wildman–Crippen LogP) is 3.29. The summed E-state index contributed by atoms with van der Waals surface area (Å²) in [5.41, 5.74) is -1.42. The first-order chi connectivity index (χ1) is 14.3. The first-order valence-electron chi connectivity index (χ1n) is 10.4. The SMILES string of the molecule is O=C(NCC1CCN(C(=O)[C@@H]2CCCCN2)CC1)c1cc(CF)cc(C(F)(F)F)c1. The fraction of sp³-hybridized carbons (Fsp3) is 0.619. The first kappa shape index (κ1) is 22.5. The van der Waals surface area contributed by atoms with Gasteiger partial charge in [0.05, 0.1) is 11.6 Å². The fourth-order valence-electron chi connectivity index (χ4n) is 4.04. The quantitative estimate of drug-likeness (QED) is 0.707. The van der Waals surface area contributed by atoms with Gasteiger partial charge in [-0.15, -0.1) is 0 Å². The second-order valence-corrected chi connectivity index (χ2v) is 8.03. The Morgan fingerprint density at radius 1 is 1.10 bits per heavy atom. The average Bonchev–Trinajstić information content (AvgIpc) is 2.77. The number of piperidine rings is 2. The first-order valence-corrected chi connectivity index (χ1v) is 10.4. The van der Waals surface area contributed by atoms with Crippen LogP contribution in [0.2, 0.25) is 0 Å². The van der Waals surface area contributed by atoms with Crippen molar-refractivity contribution in [3.8, 4) is 0 Å². The molecule has 5 nitrogen and oxygen atoms in total. The minimum Gasteiger partial charge on any atom is -0.352 e. The van der Waals surface area contributed by atoms with Gasteiger partial charge in [-0.1, -0.05) is 6.42 Å². The van der Waals surface area contributed by atoms with Gasteiger partial charge in [-0.3, -0.25) is 9.59 Å². The van der Waals surface area contributed by atoms with Crippen molar-refractivity contribution in [3.63, 3.8) is 0 Å². The highest BCUT2D eigenvalue weighted by Crippen LogP contribution is 2.31. The lowest BCUT2D eigenvalue weighted by Gasteiger charge is -2.35. The Hall–Kier alpha value is -2.16. The van der Waals surface area contributed by atoms with Gasteiger partial charge in [0.1, 0.15) is 6.67 Å². The van der Waals surface area contributed by atoms with Crippen LogP contribution >= 0.6 is 0 Å². The standard InChI is InChI=1S/C21H27F4N3O2/c22-12-15-9-16(11-17(10-15)21(23,24)25)19(29)27-13-14-4-7-28(8-5-14)20(30)18-3-1-2-6-26-18/h9-11,14,18,26H,1-8,12-13H2,(H,27,29)/t18-/m0/s1. The van der Waals surface area contributed by atoms with Gasteiger partial charge in [-0.25, -0.2) is 4.39 Å². The van der Waals surface area contributed by atoms with Gasteiger partial charge in [0.2, 0.25) is 5.91 Å². The predicted molar refractivity (Wildman–Crippen MR) is 104 cm³/mol. The molecule has 1 aromatic rings. The Labute approximate surface area is 173 Å². The van der Waals surface area contributed by atoms with Crippen molar-refractivity contribution < 1.29 is 27.2 Å². The van der Waals surface area contributed by atoms with Gasteiger partial charge >= 0.3 is 6.18 Å². The van der Waals surface area contributed by atoms with E-state index in [9.17, 15) is 27.2 Å². The molecule has 30 heavy (non-hydrogen) atoms. The number of nitrogens with one attached hydrogen (secondary N) is 2. The summed E-state index contributed by atoms with van der Waals surface area (Å²) in [6.07, 6.45) is -0.219. The molecule has 0 bridgehead atoms. The molecular formula is C21H27F4N3O2. The number of alkyl halides is 4. The van der Waals surface area contributed by atoms with Crippen molar-refractivity contribution in [1.82, 2.24) is 15.5 Å². The van der Waals surface area contributed by atoms with Gasteiger partial charge in [-0.05, 0) is 61.9 Å². The maximum Gasteiger partial charge on any atom is 0.416 e. The third-order valence-electron chi connectivity index (χ3n) is 5.82. The molecule has 2 amide bonds. The molecule has 0 radical (unpaired) electrons. The number of carbonyl (C=O) groups excluding carboxylic acids is 2. The smallest absolute Gasteiger partial charge is 0.352 e. The summed E-state index contributed by atoms with van der Waals surface area (Å²) in [6, 6.07) is 2.49. The highest BCUT2D eigenvalue weighted by molar-refractivity contribution is 5.94. The zero-order chi connectivity index (χ0) is 21.7. The number of amides is 2. The van der Waals surface area contributed by atoms with Gasteiger partial charge in [0.25, 0.3) is 5.91 Å². The van der Waals surface area contributed by atoms with E-state index in [1.165, 1.54) is 0 Å². The molecule has 0 aromatic heterocycles. The number of rotatable bonds is 5. The molecule has 166 valence electrons. The monoisotopic (exact) mass is 429 g/mol. The van der Waals surface area contributed by atoms with Gasteiger partial charge in [0.15, 0.2) is 0 Å². The van der Waals surface area contributed by atoms with Crippen molar-refractivity contribution >= 4 is 11.8 Å². The highest BCUT2D eigenvalue weighted by Gasteiger charge is 2.32. The molecule has 2 aliphatic rings. The molecular weight excluding hydrogens is 402 g/mol. The number of hydrogen-bond donors (Lipinski definition) is 2. The highest BCUT2D eigenvalue weighted by atomic mass is 19.4. The van der Waals surface area contributed by atoms with Crippen LogP contribution in [0, 0.1) is 5.92 Å². The average molecular weight is 429 g/mol. The zero-order valence-corrected chi connectivity index (χ0v) is 16.7. The normalized spacial score (nSPS) is 20.8. The number of halogens is 4. The maximum atomic E-state index is 13.0. The summed E-state index contributed by atoms with van der Waals surface area (Å²) in [6.45, 7) is 1.30. The maximum absolute atomic E-state index is 13.0. The van der Waals surface area contributed by atoms with Crippen molar-refractivity contribution in [3.05, 3.63) is 34.9 Å². The minimum absolute atomic E-state index is 0.111. The summed E-state index contributed by atoms with van der Waals surface area (Å²) in [5, 5.41) is 5.92. The summed E-state index contributed by atoms with van der Waals surface area (Å²) in [5.74, 6) is -0.385. The number of nitrogens with zero attached hydrogens (tertiary/aromatic N) is 1. The van der Waals surface area contributed by atoms with Crippen LogP contribution in [0.4, 0.5) is 17.6 Å². The van der Waals surface area contributed by atoms with Gasteiger partial charge in [-0.2, -0.15) is 13.2 Å². The molecule has 2 N–H and O–H groups in total. The van der Waals surface area contributed by atoms with Gasteiger partial charge < -0.3 is 15.5 Å². The summed E-state index contributed by atoms with van der Waals surface area (Å²) < 4.78 is 51.8. The van der Waals surface area contributed by atoms with Crippen molar-refractivity contribution in [1.29, 1.82) is 0 Å². The molecule has 0 spiro atoms. The van der Waals surface area contributed by atoms with Crippen molar-refractivity contribution in [2.45, 2.75) is 51.0 Å². The molecule has 2 saturated heterocycles. The molecule has 2 fully saturated rings. The number of benzene rings is 1. The van der Waals surface area contributed by atoms with E-state index in [2.05, 4.69) is 10.6 Å². The molecule has 3 rings (SSSR count). The second-order valence-electron chi connectivity index (χ2n) is 8.03. The summed E-state index contributed by atoms with van der Waals surface area (Å²) in [7, 11) is 0. The van der Waals surface area contributed by atoms with E-state index < -0.39 is 24.3 Å². The third kappa shape index (κ3) is 5.71. The zero-order valence-electron chi connectivity index (χ0n) is 16.7. The van der Waals surface area contributed by atoms with Crippen LogP contribution in [0.25, 0.3) is 0 Å². The number of likely N-dealkylation sites (tertiary alicyclic amines) is 1. The topological polar surface area (TPSA) is 61.4 Å². The van der Waals surface area contributed by atoms with Crippen LogP contribution in [0.5, 0.6) is 0 Å². The second kappa shape index (κ2) is 9.76. The van der Waals surface area contributed by atoms with Crippen molar-refractivity contribution in [2.24, 2.45) is 5.92 Å². The van der Waals surface area contributed by atoms with Crippen LogP contribution in [0.3, 0.4) is 0 Å². The molecule has 0 unspecified atom stereocenters. The number of carbonyl (C=O) groups is 2. The van der Waals surface area contributed by atoms with Crippen LogP contribution in [0.1, 0.15) is 53.6 Å². The lowest BCUT2D eigenvalue weighted by Crippen LogP contribution is -2.51. The van der Waals surface area contributed by atoms with Crippen molar-refractivity contribution in [2.75, 3.05) is 26.2 Å². The van der Waals surface area contributed by atoms with E-state index in [1.807, 2.05) is 4.90 Å². The molecule has 2 heterocycles. The van der Waals surface area contributed by atoms with Crippen LogP contribution in [0.15, 0.2) is 18.2 Å². The number of hydrogen-bond acceptors (Lipinski definition) is 3. The van der Waals surface area contributed by atoms with E-state index in [0.29, 0.717) is 25.7 Å². The van der Waals surface area contributed by atoms with Crippen LogP contribution in [-0.2, 0) is 17.6 Å². The van der Waals surface area contributed by atoms with Gasteiger partial charge in [0, 0.05) is 25.2 Å². The minimum atomic E-state index is -4.65. The van der Waals surface area contributed by atoms with E-state index in [-0.39, 0.29) is 29.0 Å².